The van der Waals surface area contributed by atoms with Crippen LogP contribution in [-0.2, 0) is 0 Å². The molecule has 1 heterocycles. The van der Waals surface area contributed by atoms with Crippen LogP contribution in [0.3, 0.4) is 0 Å². The van der Waals surface area contributed by atoms with Gasteiger partial charge in [-0.05, 0) is 12.8 Å². The van der Waals surface area contributed by atoms with Gasteiger partial charge in [0.25, 0.3) is 0 Å². The maximum atomic E-state index is 3.08. The Kier molecular flexibility index (Phi) is 17.7. The zero-order valence-corrected chi connectivity index (χ0v) is 13.2. The number of hydrogen-bond acceptors (Lipinski definition) is 4. The second-order valence-corrected chi connectivity index (χ2v) is 5.29. The fourth-order valence-electron chi connectivity index (χ4n) is 2.02. The SMILES string of the molecule is C1CCCCNNNNCCC1.CCCCCCC. The lowest BCUT2D eigenvalue weighted by atomic mass is 10.1. The quantitative estimate of drug-likeness (QED) is 0.592. The molecule has 0 aliphatic carbocycles. The summed E-state index contributed by atoms with van der Waals surface area (Å²) >= 11 is 0. The third kappa shape index (κ3) is 17.8. The van der Waals surface area contributed by atoms with Gasteiger partial charge in [0.1, 0.15) is 0 Å². The van der Waals surface area contributed by atoms with E-state index in [1.54, 1.807) is 0 Å². The molecule has 19 heavy (non-hydrogen) atoms. The molecule has 0 bridgehead atoms. The molecule has 1 fully saturated rings. The summed E-state index contributed by atoms with van der Waals surface area (Å²) in [6, 6.07) is 0. The minimum absolute atomic E-state index is 1.04. The molecule has 0 aromatic heterocycles. The van der Waals surface area contributed by atoms with Gasteiger partial charge in [-0.15, -0.1) is 0 Å². The van der Waals surface area contributed by atoms with Crippen LogP contribution in [0, 0.1) is 0 Å². The van der Waals surface area contributed by atoms with Crippen molar-refractivity contribution in [3.63, 3.8) is 0 Å². The number of nitrogens with one attached hydrogen (secondary N) is 4. The maximum absolute atomic E-state index is 3.08. The van der Waals surface area contributed by atoms with Gasteiger partial charge in [-0.2, -0.15) is 11.1 Å². The number of hydrazine groups is 3. The van der Waals surface area contributed by atoms with Crippen LogP contribution in [0.1, 0.15) is 84.5 Å². The van der Waals surface area contributed by atoms with Crippen LogP contribution < -0.4 is 21.9 Å². The Hall–Kier alpha value is -0.160. The molecule has 1 aliphatic rings. The molecule has 1 aliphatic heterocycles. The summed E-state index contributed by atoms with van der Waals surface area (Å²) < 4.78 is 0. The van der Waals surface area contributed by atoms with Crippen LogP contribution in [0.25, 0.3) is 0 Å². The lowest BCUT2D eigenvalue weighted by Crippen LogP contribution is -2.51. The smallest absolute Gasteiger partial charge is 0.0113 e. The summed E-state index contributed by atoms with van der Waals surface area (Å²) in [4.78, 5) is 0. The highest BCUT2D eigenvalue weighted by atomic mass is 15.7. The van der Waals surface area contributed by atoms with Crippen LogP contribution in [0.15, 0.2) is 0 Å². The molecule has 4 heteroatoms. The Morgan fingerprint density at radius 1 is 0.579 bits per heavy atom. The van der Waals surface area contributed by atoms with Crippen LogP contribution >= 0.6 is 0 Å². The van der Waals surface area contributed by atoms with Crippen molar-refractivity contribution in [1.82, 2.24) is 21.9 Å². The third-order valence-corrected chi connectivity index (χ3v) is 3.30. The van der Waals surface area contributed by atoms with Gasteiger partial charge in [0.05, 0.1) is 0 Å². The summed E-state index contributed by atoms with van der Waals surface area (Å²) in [6.45, 7) is 6.56. The molecule has 0 amide bonds. The minimum atomic E-state index is 1.04. The fourth-order valence-corrected chi connectivity index (χ4v) is 2.02. The highest BCUT2D eigenvalue weighted by Crippen LogP contribution is 2.04. The molecule has 0 aromatic rings. The zero-order valence-electron chi connectivity index (χ0n) is 13.2. The predicted octanol–water partition coefficient (Wildman–Crippen LogP) is 3.42. The summed E-state index contributed by atoms with van der Waals surface area (Å²) in [5.74, 6) is 0. The van der Waals surface area contributed by atoms with E-state index in [1.807, 2.05) is 0 Å². The highest BCUT2D eigenvalue weighted by molar-refractivity contribution is 4.49. The largest absolute Gasteiger partial charge is 0.243 e. The van der Waals surface area contributed by atoms with E-state index in [1.165, 1.54) is 70.6 Å². The first-order valence-corrected chi connectivity index (χ1v) is 8.37. The van der Waals surface area contributed by atoms with Crippen LogP contribution in [0.4, 0.5) is 0 Å². The van der Waals surface area contributed by atoms with Crippen molar-refractivity contribution in [1.29, 1.82) is 0 Å². The van der Waals surface area contributed by atoms with Crippen molar-refractivity contribution < 1.29 is 0 Å². The van der Waals surface area contributed by atoms with Gasteiger partial charge >= 0.3 is 0 Å². The third-order valence-electron chi connectivity index (χ3n) is 3.30. The average molecular weight is 272 g/mol. The van der Waals surface area contributed by atoms with E-state index in [0.29, 0.717) is 0 Å². The van der Waals surface area contributed by atoms with E-state index in [4.69, 9.17) is 0 Å². The molecule has 4 N–H and O–H groups in total. The number of unbranched alkanes of at least 4 members (excludes halogenated alkanes) is 4. The molecule has 1 rings (SSSR count). The lowest BCUT2D eigenvalue weighted by Gasteiger charge is -2.11. The molecule has 0 unspecified atom stereocenters. The molecule has 1 saturated heterocycles. The Morgan fingerprint density at radius 3 is 1.42 bits per heavy atom. The van der Waals surface area contributed by atoms with Crippen molar-refractivity contribution in [2.24, 2.45) is 0 Å². The molecular weight excluding hydrogens is 236 g/mol. The number of rotatable bonds is 4. The van der Waals surface area contributed by atoms with Crippen LogP contribution in [-0.4, -0.2) is 13.1 Å². The summed E-state index contributed by atoms with van der Waals surface area (Å²) in [5, 5.41) is 0. The van der Waals surface area contributed by atoms with E-state index in [9.17, 15) is 0 Å². The summed E-state index contributed by atoms with van der Waals surface area (Å²) in [7, 11) is 0. The Balaban J connectivity index is 0.000000399. The van der Waals surface area contributed by atoms with E-state index >= 15 is 0 Å². The Morgan fingerprint density at radius 2 is 1.00 bits per heavy atom. The van der Waals surface area contributed by atoms with Gasteiger partial charge in [0, 0.05) is 13.1 Å². The van der Waals surface area contributed by atoms with Gasteiger partial charge in [-0.3, -0.25) is 0 Å². The topological polar surface area (TPSA) is 48.1 Å². The average Bonchev–Trinajstić information content (AvgIpc) is 2.41. The second-order valence-electron chi connectivity index (χ2n) is 5.29. The minimum Gasteiger partial charge on any atom is -0.243 e. The molecule has 0 spiro atoms. The normalized spacial score (nSPS) is 18.6. The van der Waals surface area contributed by atoms with Crippen molar-refractivity contribution >= 4 is 0 Å². The molecule has 0 saturated carbocycles. The fraction of sp³-hybridized carbons (Fsp3) is 1.00. The summed E-state index contributed by atoms with van der Waals surface area (Å²) in [5.41, 5.74) is 11.9. The monoisotopic (exact) mass is 272 g/mol. The van der Waals surface area contributed by atoms with Crippen molar-refractivity contribution in [3.8, 4) is 0 Å². The van der Waals surface area contributed by atoms with Gasteiger partial charge < -0.3 is 0 Å². The van der Waals surface area contributed by atoms with Gasteiger partial charge in [-0.25, -0.2) is 10.9 Å². The molecule has 0 radical (unpaired) electrons. The van der Waals surface area contributed by atoms with Gasteiger partial charge in [-0.1, -0.05) is 71.6 Å². The maximum Gasteiger partial charge on any atom is 0.0113 e. The van der Waals surface area contributed by atoms with E-state index in [-0.39, 0.29) is 0 Å². The van der Waals surface area contributed by atoms with Crippen molar-refractivity contribution in [2.75, 3.05) is 13.1 Å². The molecule has 4 nitrogen and oxygen atoms in total. The first-order chi connectivity index (χ1) is 9.41. The first-order valence-electron chi connectivity index (χ1n) is 8.37. The summed E-state index contributed by atoms with van der Waals surface area (Å²) in [6.07, 6.45) is 15.0. The molecule has 0 atom stereocenters. The van der Waals surface area contributed by atoms with Crippen LogP contribution in [0.5, 0.6) is 0 Å². The van der Waals surface area contributed by atoms with Crippen LogP contribution in [0.2, 0.25) is 0 Å². The Bertz CT molecular complexity index is 106. The van der Waals surface area contributed by atoms with E-state index in [2.05, 4.69) is 35.8 Å². The second kappa shape index (κ2) is 17.8. The Labute approximate surface area is 120 Å². The first kappa shape index (κ1) is 18.8. The number of hydrogen-bond donors (Lipinski definition) is 4. The predicted molar refractivity (Wildman–Crippen MR) is 84.4 cm³/mol. The standard InChI is InChI=1S/C8H20N4.C7H16/c1-2-4-6-8-10-12-11-9-7-5-3-1;1-3-5-7-6-4-2/h9-12H,1-8H2;3-7H2,1-2H3. The van der Waals surface area contributed by atoms with E-state index in [0.717, 1.165) is 13.1 Å². The lowest BCUT2D eigenvalue weighted by molar-refractivity contribution is 0.354. The van der Waals surface area contributed by atoms with Crippen molar-refractivity contribution in [2.45, 2.75) is 84.5 Å². The van der Waals surface area contributed by atoms with Crippen molar-refractivity contribution in [3.05, 3.63) is 0 Å². The van der Waals surface area contributed by atoms with E-state index < -0.39 is 0 Å². The molecule has 0 aromatic carbocycles. The highest BCUT2D eigenvalue weighted by Gasteiger charge is 1.93. The van der Waals surface area contributed by atoms with Gasteiger partial charge in [0.15, 0.2) is 0 Å². The molecule has 116 valence electrons. The van der Waals surface area contributed by atoms with Gasteiger partial charge in [0.2, 0.25) is 0 Å². The molecular formula is C15H36N4. The zero-order chi connectivity index (χ0) is 14.0.